The summed E-state index contributed by atoms with van der Waals surface area (Å²) >= 11 is 0. The van der Waals surface area contributed by atoms with Gasteiger partial charge in [-0.3, -0.25) is 0 Å². The Kier molecular flexibility index (Phi) is 9.24. The molecular weight excluding hydrogens is 747 g/mol. The molecule has 0 atom stereocenters. The van der Waals surface area contributed by atoms with Crippen molar-refractivity contribution in [1.29, 1.82) is 0 Å². The zero-order valence-corrected chi connectivity index (χ0v) is 35.0. The smallest absolute Gasteiger partial charge is 0.0540 e. The second kappa shape index (κ2) is 15.4. The van der Waals surface area contributed by atoms with Crippen LogP contribution < -0.4 is 4.90 Å². The van der Waals surface area contributed by atoms with E-state index in [1.807, 2.05) is 0 Å². The first-order valence-corrected chi connectivity index (χ1v) is 21.6. The van der Waals surface area contributed by atoms with Crippen molar-refractivity contribution < 1.29 is 0 Å². The third-order valence-electron chi connectivity index (χ3n) is 12.9. The summed E-state index contributed by atoms with van der Waals surface area (Å²) in [5, 5.41) is 2.51. The highest BCUT2D eigenvalue weighted by atomic mass is 15.1. The monoisotopic (exact) mass is 791 g/mol. The SMILES string of the molecule is CC1(C)c2ccccc2-c2ccc(-c3ccc(N(c4ccc(-c5cccc(-c6ccc7ccccc7c6)c5)cc4)c4ccccc4-c4ccccc4-c4ccccc4)cc3)cc21. The summed E-state index contributed by atoms with van der Waals surface area (Å²) in [6.07, 6.45) is 0. The van der Waals surface area contributed by atoms with Gasteiger partial charge in [0, 0.05) is 22.4 Å². The van der Waals surface area contributed by atoms with Crippen molar-refractivity contribution in [2.45, 2.75) is 19.3 Å². The minimum atomic E-state index is -0.0532. The molecule has 0 radical (unpaired) electrons. The van der Waals surface area contributed by atoms with Gasteiger partial charge in [-0.15, -0.1) is 0 Å². The van der Waals surface area contributed by atoms with Crippen LogP contribution in [0.1, 0.15) is 25.0 Å². The number of hydrogen-bond acceptors (Lipinski definition) is 1. The average molecular weight is 792 g/mol. The lowest BCUT2D eigenvalue weighted by atomic mass is 9.81. The maximum absolute atomic E-state index is 2.42. The Morgan fingerprint density at radius 2 is 0.758 bits per heavy atom. The van der Waals surface area contributed by atoms with E-state index in [0.717, 1.165) is 17.1 Å². The molecule has 294 valence electrons. The van der Waals surface area contributed by atoms with Crippen molar-refractivity contribution in [3.63, 3.8) is 0 Å². The lowest BCUT2D eigenvalue weighted by molar-refractivity contribution is 0.660. The molecule has 1 aliphatic carbocycles. The molecule has 1 nitrogen and oxygen atoms in total. The lowest BCUT2D eigenvalue weighted by Gasteiger charge is -2.29. The summed E-state index contributed by atoms with van der Waals surface area (Å²) in [6.45, 7) is 4.70. The summed E-state index contributed by atoms with van der Waals surface area (Å²) in [4.78, 5) is 2.42. The van der Waals surface area contributed by atoms with Gasteiger partial charge in [0.2, 0.25) is 0 Å². The third kappa shape index (κ3) is 6.60. The molecule has 0 amide bonds. The van der Waals surface area contributed by atoms with Crippen LogP contribution in [0.5, 0.6) is 0 Å². The molecule has 0 unspecified atom stereocenters. The molecule has 0 saturated carbocycles. The Hall–Kier alpha value is -7.74. The number of hydrogen-bond donors (Lipinski definition) is 0. The minimum absolute atomic E-state index is 0.0532. The number of para-hydroxylation sites is 1. The lowest BCUT2D eigenvalue weighted by Crippen LogP contribution is -2.14. The number of fused-ring (bicyclic) bond motifs is 4. The van der Waals surface area contributed by atoms with E-state index in [1.54, 1.807) is 0 Å². The fraction of sp³-hybridized carbons (Fsp3) is 0.0492. The molecule has 0 saturated heterocycles. The van der Waals surface area contributed by atoms with E-state index >= 15 is 0 Å². The standard InChI is InChI=1S/C61H45N/c1-61(2)58-25-12-10-23-55(58)56-38-33-50(41-59(56)61)44-31-36-52(37-32-44)62(60-26-13-11-24-57(60)54-22-9-8-21-53(54)45-16-4-3-5-17-45)51-34-29-43(30-35-51)47-19-14-20-48(39-47)49-28-27-42-15-6-7-18-46(42)40-49/h3-41H,1-2H3. The maximum atomic E-state index is 2.42. The van der Waals surface area contributed by atoms with Gasteiger partial charge in [-0.25, -0.2) is 0 Å². The highest BCUT2D eigenvalue weighted by Gasteiger charge is 2.35. The van der Waals surface area contributed by atoms with Gasteiger partial charge in [-0.2, -0.15) is 0 Å². The highest BCUT2D eigenvalue weighted by molar-refractivity contribution is 5.95. The molecule has 1 aliphatic rings. The molecule has 10 aromatic rings. The number of rotatable bonds is 8. The van der Waals surface area contributed by atoms with Gasteiger partial charge in [0.05, 0.1) is 5.69 Å². The Balaban J connectivity index is 0.997. The van der Waals surface area contributed by atoms with E-state index in [9.17, 15) is 0 Å². The first kappa shape index (κ1) is 37.3. The van der Waals surface area contributed by atoms with Crippen LogP contribution in [0.25, 0.3) is 77.5 Å². The second-order valence-electron chi connectivity index (χ2n) is 16.9. The van der Waals surface area contributed by atoms with Gasteiger partial charge in [0.1, 0.15) is 0 Å². The zero-order chi connectivity index (χ0) is 41.6. The van der Waals surface area contributed by atoms with Gasteiger partial charge in [-0.1, -0.05) is 202 Å². The number of anilines is 3. The molecule has 0 N–H and O–H groups in total. The van der Waals surface area contributed by atoms with Crippen LogP contribution in [0.15, 0.2) is 237 Å². The number of benzene rings is 10. The Bertz CT molecular complexity index is 3250. The quantitative estimate of drug-likeness (QED) is 0.148. The highest BCUT2D eigenvalue weighted by Crippen LogP contribution is 2.50. The van der Waals surface area contributed by atoms with E-state index in [4.69, 9.17) is 0 Å². The van der Waals surface area contributed by atoms with Gasteiger partial charge < -0.3 is 4.90 Å². The first-order chi connectivity index (χ1) is 30.5. The van der Waals surface area contributed by atoms with Crippen LogP contribution in [-0.4, -0.2) is 0 Å². The van der Waals surface area contributed by atoms with E-state index < -0.39 is 0 Å². The van der Waals surface area contributed by atoms with Gasteiger partial charge in [0.15, 0.2) is 0 Å². The summed E-state index contributed by atoms with van der Waals surface area (Å²) < 4.78 is 0. The summed E-state index contributed by atoms with van der Waals surface area (Å²) in [5.74, 6) is 0. The summed E-state index contributed by atoms with van der Waals surface area (Å²) in [6, 6.07) is 86.6. The van der Waals surface area contributed by atoms with Crippen molar-refractivity contribution in [3.8, 4) is 66.8 Å². The van der Waals surface area contributed by atoms with E-state index in [2.05, 4.69) is 255 Å². The van der Waals surface area contributed by atoms with Crippen LogP contribution in [0.4, 0.5) is 17.1 Å². The fourth-order valence-electron chi connectivity index (χ4n) is 9.65. The van der Waals surface area contributed by atoms with E-state index in [0.29, 0.717) is 0 Å². The first-order valence-electron chi connectivity index (χ1n) is 21.6. The summed E-state index contributed by atoms with van der Waals surface area (Å²) in [7, 11) is 0. The van der Waals surface area contributed by atoms with Crippen molar-refractivity contribution in [1.82, 2.24) is 0 Å². The van der Waals surface area contributed by atoms with E-state index in [-0.39, 0.29) is 5.41 Å². The molecule has 1 heteroatoms. The zero-order valence-electron chi connectivity index (χ0n) is 35.0. The topological polar surface area (TPSA) is 3.24 Å². The minimum Gasteiger partial charge on any atom is -0.310 e. The molecule has 62 heavy (non-hydrogen) atoms. The molecule has 0 heterocycles. The normalized spacial score (nSPS) is 12.5. The van der Waals surface area contributed by atoms with Crippen molar-refractivity contribution >= 4 is 27.8 Å². The molecule has 10 aromatic carbocycles. The number of nitrogens with zero attached hydrogens (tertiary/aromatic N) is 1. The Labute approximate surface area is 364 Å². The molecule has 0 aliphatic heterocycles. The van der Waals surface area contributed by atoms with Crippen LogP contribution in [0.2, 0.25) is 0 Å². The van der Waals surface area contributed by atoms with Gasteiger partial charge >= 0.3 is 0 Å². The van der Waals surface area contributed by atoms with Crippen LogP contribution >= 0.6 is 0 Å². The molecule has 0 bridgehead atoms. The third-order valence-corrected chi connectivity index (χ3v) is 12.9. The molecule has 0 fully saturated rings. The van der Waals surface area contributed by atoms with Crippen molar-refractivity contribution in [2.75, 3.05) is 4.90 Å². The van der Waals surface area contributed by atoms with E-state index in [1.165, 1.54) is 88.7 Å². The molecular formula is C61H45N. The van der Waals surface area contributed by atoms with Crippen LogP contribution in [-0.2, 0) is 5.41 Å². The van der Waals surface area contributed by atoms with Crippen LogP contribution in [0.3, 0.4) is 0 Å². The van der Waals surface area contributed by atoms with Gasteiger partial charge in [-0.05, 0) is 132 Å². The molecule has 0 aromatic heterocycles. The predicted octanol–water partition coefficient (Wildman–Crippen LogP) is 17.0. The van der Waals surface area contributed by atoms with Crippen LogP contribution in [0, 0.1) is 0 Å². The fourth-order valence-corrected chi connectivity index (χ4v) is 9.65. The van der Waals surface area contributed by atoms with Gasteiger partial charge in [0.25, 0.3) is 0 Å². The molecule has 11 rings (SSSR count). The average Bonchev–Trinajstić information content (AvgIpc) is 3.57. The van der Waals surface area contributed by atoms with Crippen molar-refractivity contribution in [3.05, 3.63) is 248 Å². The largest absolute Gasteiger partial charge is 0.310 e. The second-order valence-corrected chi connectivity index (χ2v) is 16.9. The Morgan fingerprint density at radius 3 is 1.48 bits per heavy atom. The predicted molar refractivity (Wildman–Crippen MR) is 263 cm³/mol. The van der Waals surface area contributed by atoms with Crippen molar-refractivity contribution in [2.24, 2.45) is 0 Å². The Morgan fingerprint density at radius 1 is 0.274 bits per heavy atom. The maximum Gasteiger partial charge on any atom is 0.0540 e. The molecule has 0 spiro atoms. The summed E-state index contributed by atoms with van der Waals surface area (Å²) in [5.41, 5.74) is 20.7.